The summed E-state index contributed by atoms with van der Waals surface area (Å²) < 4.78 is 41.9. The number of hydrogen-bond donors (Lipinski definition) is 0. The van der Waals surface area contributed by atoms with Gasteiger partial charge in [0, 0.05) is 53.2 Å². The molecule has 216 valence electrons. The van der Waals surface area contributed by atoms with Gasteiger partial charge in [0.2, 0.25) is 11.8 Å². The van der Waals surface area contributed by atoms with E-state index in [9.17, 15) is 32.8 Å². The molecule has 1 saturated heterocycles. The SMILES string of the molecule is N#Cc1ccnc(N2C(=O)CC[C@H]2C(=O)N(c2cccc(F)c2)[C@H](C(=O)CC2CC(F)(F)C2)c2ccc(Cl)cc2Cl)c1. The van der Waals surface area contributed by atoms with Crippen molar-refractivity contribution in [2.45, 2.75) is 50.1 Å². The molecular formula is C30H23Cl2F3N4O3. The number of anilines is 2. The number of Topliss-reactive ketones (excluding diaryl/α,β-unsaturated/α-hetero) is 1. The van der Waals surface area contributed by atoms with E-state index >= 15 is 0 Å². The van der Waals surface area contributed by atoms with E-state index < -0.39 is 60.2 Å². The molecule has 2 heterocycles. The van der Waals surface area contributed by atoms with Gasteiger partial charge in [0.1, 0.15) is 23.7 Å². The number of hydrogen-bond acceptors (Lipinski definition) is 5. The third kappa shape index (κ3) is 5.98. The van der Waals surface area contributed by atoms with Crippen LogP contribution in [-0.4, -0.2) is 34.5 Å². The number of rotatable bonds is 8. The first-order chi connectivity index (χ1) is 20.0. The molecule has 12 heteroatoms. The topological polar surface area (TPSA) is 94.4 Å². The van der Waals surface area contributed by atoms with E-state index in [4.69, 9.17) is 23.2 Å². The van der Waals surface area contributed by atoms with E-state index in [0.717, 1.165) is 21.9 Å². The normalized spacial score (nSPS) is 18.7. The lowest BCUT2D eigenvalue weighted by Gasteiger charge is -2.38. The lowest BCUT2D eigenvalue weighted by atomic mass is 9.77. The molecule has 1 aromatic heterocycles. The Kier molecular flexibility index (Phi) is 8.26. The van der Waals surface area contributed by atoms with Crippen LogP contribution in [0.25, 0.3) is 0 Å². The number of aromatic nitrogens is 1. The van der Waals surface area contributed by atoms with Crippen molar-refractivity contribution in [3.8, 4) is 6.07 Å². The summed E-state index contributed by atoms with van der Waals surface area (Å²) in [5.74, 6) is -5.87. The number of carbonyl (C=O) groups excluding carboxylic acids is 3. The molecule has 42 heavy (non-hydrogen) atoms. The van der Waals surface area contributed by atoms with Crippen molar-refractivity contribution in [1.82, 2.24) is 4.98 Å². The van der Waals surface area contributed by atoms with Gasteiger partial charge in [-0.05, 0) is 54.8 Å². The quantitative estimate of drug-likeness (QED) is 0.282. The van der Waals surface area contributed by atoms with E-state index in [1.807, 2.05) is 6.07 Å². The molecule has 1 aliphatic carbocycles. The smallest absolute Gasteiger partial charge is 0.251 e. The van der Waals surface area contributed by atoms with Crippen molar-refractivity contribution in [1.29, 1.82) is 5.26 Å². The Hall–Kier alpha value is -3.94. The van der Waals surface area contributed by atoms with Gasteiger partial charge >= 0.3 is 0 Å². The summed E-state index contributed by atoms with van der Waals surface area (Å²) in [7, 11) is 0. The number of alkyl halides is 2. The Balaban J connectivity index is 1.62. The van der Waals surface area contributed by atoms with E-state index in [2.05, 4.69) is 4.98 Å². The lowest BCUT2D eigenvalue weighted by molar-refractivity contribution is -0.135. The molecule has 2 aliphatic rings. The zero-order chi connectivity index (χ0) is 30.2. The minimum atomic E-state index is -2.87. The van der Waals surface area contributed by atoms with E-state index in [1.165, 1.54) is 48.7 Å². The fraction of sp³-hybridized carbons (Fsp3) is 0.300. The number of benzene rings is 2. The third-order valence-electron chi connectivity index (χ3n) is 7.43. The molecular weight excluding hydrogens is 592 g/mol. The summed E-state index contributed by atoms with van der Waals surface area (Å²) in [4.78, 5) is 47.9. The van der Waals surface area contributed by atoms with Gasteiger partial charge in [-0.3, -0.25) is 24.2 Å². The van der Waals surface area contributed by atoms with Crippen LogP contribution >= 0.6 is 23.2 Å². The first kappa shape index (κ1) is 29.5. The highest BCUT2D eigenvalue weighted by molar-refractivity contribution is 6.35. The van der Waals surface area contributed by atoms with Crippen LogP contribution < -0.4 is 9.80 Å². The molecule has 7 nitrogen and oxygen atoms in total. The average Bonchev–Trinajstić information content (AvgIpc) is 3.32. The molecule has 1 saturated carbocycles. The first-order valence-corrected chi connectivity index (χ1v) is 13.9. The Morgan fingerprint density at radius 1 is 1.14 bits per heavy atom. The highest BCUT2D eigenvalue weighted by Crippen LogP contribution is 2.46. The molecule has 0 radical (unpaired) electrons. The molecule has 5 rings (SSSR count). The minimum absolute atomic E-state index is 0.00124. The van der Waals surface area contributed by atoms with Gasteiger partial charge in [0.05, 0.1) is 11.6 Å². The van der Waals surface area contributed by atoms with Crippen LogP contribution in [0.2, 0.25) is 10.0 Å². The van der Waals surface area contributed by atoms with Gasteiger partial charge in [-0.25, -0.2) is 18.2 Å². The number of carbonyl (C=O) groups is 3. The maximum absolute atomic E-state index is 14.6. The fourth-order valence-electron chi connectivity index (χ4n) is 5.52. The van der Waals surface area contributed by atoms with Crippen molar-refractivity contribution in [3.05, 3.63) is 87.8 Å². The molecule has 0 unspecified atom stereocenters. The highest BCUT2D eigenvalue weighted by atomic mass is 35.5. The number of nitrogens with zero attached hydrogens (tertiary/aromatic N) is 4. The van der Waals surface area contributed by atoms with Crippen molar-refractivity contribution >= 4 is 52.3 Å². The molecule has 1 aliphatic heterocycles. The zero-order valence-electron chi connectivity index (χ0n) is 21.9. The van der Waals surface area contributed by atoms with Crippen LogP contribution in [0.5, 0.6) is 0 Å². The predicted molar refractivity (Wildman–Crippen MR) is 150 cm³/mol. The molecule has 2 amide bonds. The van der Waals surface area contributed by atoms with Crippen LogP contribution in [0.15, 0.2) is 60.8 Å². The van der Waals surface area contributed by atoms with Crippen LogP contribution in [0.4, 0.5) is 24.7 Å². The van der Waals surface area contributed by atoms with Crippen LogP contribution in [0.3, 0.4) is 0 Å². The fourth-order valence-corrected chi connectivity index (χ4v) is 6.03. The van der Waals surface area contributed by atoms with Gasteiger partial charge in [-0.15, -0.1) is 0 Å². The Morgan fingerprint density at radius 2 is 1.90 bits per heavy atom. The Labute approximate surface area is 249 Å². The Morgan fingerprint density at radius 3 is 2.57 bits per heavy atom. The summed E-state index contributed by atoms with van der Waals surface area (Å²) in [6.45, 7) is 0. The largest absolute Gasteiger partial charge is 0.297 e. The molecule has 0 bridgehead atoms. The number of halogens is 5. The molecule has 2 atom stereocenters. The van der Waals surface area contributed by atoms with Crippen LogP contribution in [0, 0.1) is 23.1 Å². The molecule has 2 aromatic carbocycles. The number of amides is 2. The van der Waals surface area contributed by atoms with Gasteiger partial charge in [-0.1, -0.05) is 35.3 Å². The standard InChI is InChI=1S/C30H23Cl2F3N4O3/c31-19-4-5-22(23(32)12-19)28(25(40)10-18-14-30(34,35)15-18)38(21-3-1-2-20(33)13-21)29(42)24-6-7-27(41)39(24)26-11-17(16-36)8-9-37-26/h1-5,8-9,11-13,18,24,28H,6-7,10,14-15H2/t24-,28-/m0/s1. The monoisotopic (exact) mass is 614 g/mol. The van der Waals surface area contributed by atoms with Crippen molar-refractivity contribution < 1.29 is 27.6 Å². The van der Waals surface area contributed by atoms with Gasteiger partial charge in [-0.2, -0.15) is 5.26 Å². The second-order valence-electron chi connectivity index (χ2n) is 10.4. The molecule has 2 fully saturated rings. The molecule has 0 N–H and O–H groups in total. The summed E-state index contributed by atoms with van der Waals surface area (Å²) in [5.41, 5.74) is 0.378. The van der Waals surface area contributed by atoms with Crippen molar-refractivity contribution in [2.24, 2.45) is 5.92 Å². The Bertz CT molecular complexity index is 1600. The predicted octanol–water partition coefficient (Wildman–Crippen LogP) is 6.67. The van der Waals surface area contributed by atoms with E-state index in [1.54, 1.807) is 0 Å². The minimum Gasteiger partial charge on any atom is -0.297 e. The van der Waals surface area contributed by atoms with Crippen LogP contribution in [0.1, 0.15) is 49.3 Å². The van der Waals surface area contributed by atoms with Gasteiger partial charge < -0.3 is 0 Å². The van der Waals surface area contributed by atoms with Crippen LogP contribution in [-0.2, 0) is 14.4 Å². The van der Waals surface area contributed by atoms with Gasteiger partial charge in [0.15, 0.2) is 5.78 Å². The molecule has 3 aromatic rings. The van der Waals surface area contributed by atoms with Crippen molar-refractivity contribution in [3.63, 3.8) is 0 Å². The van der Waals surface area contributed by atoms with E-state index in [-0.39, 0.29) is 51.9 Å². The zero-order valence-corrected chi connectivity index (χ0v) is 23.5. The summed E-state index contributed by atoms with van der Waals surface area (Å²) in [6, 6.07) is 11.5. The number of ketones is 1. The number of nitriles is 1. The van der Waals surface area contributed by atoms with E-state index in [0.29, 0.717) is 0 Å². The summed E-state index contributed by atoms with van der Waals surface area (Å²) in [5, 5.41) is 9.64. The average molecular weight is 615 g/mol. The summed E-state index contributed by atoms with van der Waals surface area (Å²) in [6.07, 6.45) is 0.130. The lowest BCUT2D eigenvalue weighted by Crippen LogP contribution is -2.51. The van der Waals surface area contributed by atoms with Gasteiger partial charge in [0.25, 0.3) is 5.91 Å². The maximum atomic E-state index is 14.6. The van der Waals surface area contributed by atoms with Crippen molar-refractivity contribution in [2.75, 3.05) is 9.80 Å². The molecule has 0 spiro atoms. The summed E-state index contributed by atoms with van der Waals surface area (Å²) >= 11 is 12.6. The second kappa shape index (κ2) is 11.7. The third-order valence-corrected chi connectivity index (χ3v) is 7.99. The first-order valence-electron chi connectivity index (χ1n) is 13.1. The number of pyridine rings is 1. The highest BCUT2D eigenvalue weighted by Gasteiger charge is 2.48. The maximum Gasteiger partial charge on any atom is 0.251 e. The second-order valence-corrected chi connectivity index (χ2v) is 11.2.